The van der Waals surface area contributed by atoms with E-state index in [0.717, 1.165) is 29.9 Å². The molecule has 0 amide bonds. The van der Waals surface area contributed by atoms with E-state index in [2.05, 4.69) is 18.0 Å². The zero-order valence-electron chi connectivity index (χ0n) is 12.5. The lowest BCUT2D eigenvalue weighted by molar-refractivity contribution is 0.314. The summed E-state index contributed by atoms with van der Waals surface area (Å²) in [6.45, 7) is 2.86. The molecule has 0 radical (unpaired) electrons. The number of rotatable bonds is 4. The molecule has 116 valence electrons. The smallest absolute Gasteiger partial charge is 0.165 e. The van der Waals surface area contributed by atoms with Gasteiger partial charge in [0, 0.05) is 23.9 Å². The molecule has 0 aliphatic carbocycles. The number of fused-ring (bicyclic) bond motifs is 1. The van der Waals surface area contributed by atoms with Crippen LogP contribution in [0.3, 0.4) is 0 Å². The summed E-state index contributed by atoms with van der Waals surface area (Å²) >= 11 is 12.4. The van der Waals surface area contributed by atoms with Crippen molar-refractivity contribution in [1.82, 2.24) is 4.98 Å². The first-order chi connectivity index (χ1) is 10.6. The maximum Gasteiger partial charge on any atom is 0.165 e. The maximum atomic E-state index is 6.20. The minimum Gasteiger partial charge on any atom is -0.493 e. The monoisotopic (exact) mass is 337 g/mol. The average molecular weight is 338 g/mol. The summed E-state index contributed by atoms with van der Waals surface area (Å²) in [7, 11) is 1.66. The Bertz CT molecular complexity index is 683. The molecule has 1 aromatic heterocycles. The van der Waals surface area contributed by atoms with Crippen LogP contribution in [-0.2, 0) is 12.8 Å². The lowest BCUT2D eigenvalue weighted by Crippen LogP contribution is -2.00. The Morgan fingerprint density at radius 2 is 1.95 bits per heavy atom. The Kier molecular flexibility index (Phi) is 4.46. The summed E-state index contributed by atoms with van der Waals surface area (Å²) in [6.07, 6.45) is 4.88. The van der Waals surface area contributed by atoms with Crippen LogP contribution in [0.15, 0.2) is 24.5 Å². The normalized spacial score (nSPS) is 16.3. The average Bonchev–Trinajstić information content (AvgIpc) is 2.89. The van der Waals surface area contributed by atoms with Gasteiger partial charge in [0.15, 0.2) is 11.5 Å². The number of hydrogen-bond donors (Lipinski definition) is 0. The largest absolute Gasteiger partial charge is 0.493 e. The van der Waals surface area contributed by atoms with Crippen molar-refractivity contribution in [1.29, 1.82) is 0 Å². The van der Waals surface area contributed by atoms with Crippen LogP contribution in [0.4, 0.5) is 0 Å². The number of hydrogen-bond acceptors (Lipinski definition) is 3. The van der Waals surface area contributed by atoms with Gasteiger partial charge in [0.25, 0.3) is 0 Å². The molecule has 1 aliphatic rings. The van der Waals surface area contributed by atoms with Crippen LogP contribution in [0.1, 0.15) is 29.5 Å². The SMILES string of the molecule is COc1ccc(CCc2c(Cl)cncc2Cl)c2c1OCC2C. The van der Waals surface area contributed by atoms with Crippen LogP contribution in [0, 0.1) is 0 Å². The van der Waals surface area contributed by atoms with Crippen LogP contribution in [0.25, 0.3) is 0 Å². The molecule has 3 nitrogen and oxygen atoms in total. The third kappa shape index (κ3) is 2.75. The first kappa shape index (κ1) is 15.4. The molecule has 1 aliphatic heterocycles. The fourth-order valence-corrected chi connectivity index (χ4v) is 3.47. The first-order valence-electron chi connectivity index (χ1n) is 7.22. The van der Waals surface area contributed by atoms with E-state index in [9.17, 15) is 0 Å². The van der Waals surface area contributed by atoms with Crippen molar-refractivity contribution in [2.24, 2.45) is 0 Å². The molecule has 2 heterocycles. The van der Waals surface area contributed by atoms with E-state index in [1.807, 2.05) is 6.07 Å². The summed E-state index contributed by atoms with van der Waals surface area (Å²) < 4.78 is 11.2. The highest BCUT2D eigenvalue weighted by Gasteiger charge is 2.27. The second-order valence-corrected chi connectivity index (χ2v) is 6.28. The van der Waals surface area contributed by atoms with Gasteiger partial charge in [-0.2, -0.15) is 0 Å². The van der Waals surface area contributed by atoms with Gasteiger partial charge in [0.1, 0.15) is 0 Å². The van der Waals surface area contributed by atoms with Gasteiger partial charge in [-0.25, -0.2) is 0 Å². The van der Waals surface area contributed by atoms with Gasteiger partial charge in [-0.1, -0.05) is 36.2 Å². The molecule has 22 heavy (non-hydrogen) atoms. The van der Waals surface area contributed by atoms with Crippen molar-refractivity contribution in [2.45, 2.75) is 25.7 Å². The Hall–Kier alpha value is -1.45. The predicted molar refractivity (Wildman–Crippen MR) is 88.6 cm³/mol. The van der Waals surface area contributed by atoms with Gasteiger partial charge in [0.2, 0.25) is 0 Å². The van der Waals surface area contributed by atoms with Crippen LogP contribution in [0.5, 0.6) is 11.5 Å². The highest BCUT2D eigenvalue weighted by Crippen LogP contribution is 2.43. The molecule has 1 unspecified atom stereocenters. The number of aromatic nitrogens is 1. The Labute approximate surface area is 140 Å². The van der Waals surface area contributed by atoms with Gasteiger partial charge in [-0.3, -0.25) is 4.98 Å². The number of ether oxygens (including phenoxy) is 2. The number of benzene rings is 1. The van der Waals surface area contributed by atoms with E-state index >= 15 is 0 Å². The van der Waals surface area contributed by atoms with Crippen molar-refractivity contribution in [3.63, 3.8) is 0 Å². The first-order valence-corrected chi connectivity index (χ1v) is 7.97. The Morgan fingerprint density at radius 3 is 2.64 bits per heavy atom. The fourth-order valence-electron chi connectivity index (χ4n) is 2.92. The summed E-state index contributed by atoms with van der Waals surface area (Å²) in [5, 5.41) is 1.23. The summed E-state index contributed by atoms with van der Waals surface area (Å²) in [4.78, 5) is 3.99. The second-order valence-electron chi connectivity index (χ2n) is 5.46. The highest BCUT2D eigenvalue weighted by molar-refractivity contribution is 6.35. The van der Waals surface area contributed by atoms with Crippen molar-refractivity contribution in [3.8, 4) is 11.5 Å². The minimum atomic E-state index is 0.364. The van der Waals surface area contributed by atoms with Gasteiger partial charge >= 0.3 is 0 Å². The van der Waals surface area contributed by atoms with E-state index in [1.165, 1.54) is 11.1 Å². The highest BCUT2D eigenvalue weighted by atomic mass is 35.5. The molecule has 2 aromatic rings. The fraction of sp³-hybridized carbons (Fsp3) is 0.353. The zero-order valence-corrected chi connectivity index (χ0v) is 14.0. The molecule has 0 saturated carbocycles. The summed E-state index contributed by atoms with van der Waals surface area (Å²) in [6, 6.07) is 4.06. The quantitative estimate of drug-likeness (QED) is 0.811. The molecule has 0 bridgehead atoms. The van der Waals surface area contributed by atoms with E-state index < -0.39 is 0 Å². The molecular weight excluding hydrogens is 321 g/mol. The summed E-state index contributed by atoms with van der Waals surface area (Å²) in [5.74, 6) is 2.03. The number of aryl methyl sites for hydroxylation is 1. The number of halogens is 2. The van der Waals surface area contributed by atoms with Gasteiger partial charge in [-0.05, 0) is 30.0 Å². The number of nitrogens with zero attached hydrogens (tertiary/aromatic N) is 1. The zero-order chi connectivity index (χ0) is 15.7. The standard InChI is InChI=1S/C17H17Cl2NO2/c1-10-9-22-17-15(21-2)6-4-11(16(10)17)3-5-12-13(18)7-20-8-14(12)19/h4,6-8,10H,3,5,9H2,1-2H3. The molecule has 5 heteroatoms. The van der Waals surface area contributed by atoms with Gasteiger partial charge < -0.3 is 9.47 Å². The predicted octanol–water partition coefficient (Wildman–Crippen LogP) is 4.68. The molecule has 0 N–H and O–H groups in total. The topological polar surface area (TPSA) is 31.4 Å². The number of pyridine rings is 1. The van der Waals surface area contributed by atoms with Crippen molar-refractivity contribution >= 4 is 23.2 Å². The summed E-state index contributed by atoms with van der Waals surface area (Å²) in [5.41, 5.74) is 3.43. The van der Waals surface area contributed by atoms with Gasteiger partial charge in [-0.15, -0.1) is 0 Å². The Balaban J connectivity index is 1.89. The maximum absolute atomic E-state index is 6.20. The van der Waals surface area contributed by atoms with Crippen LogP contribution in [0.2, 0.25) is 10.0 Å². The van der Waals surface area contributed by atoms with Gasteiger partial charge in [0.05, 0.1) is 23.8 Å². The van der Waals surface area contributed by atoms with E-state index in [-0.39, 0.29) is 0 Å². The van der Waals surface area contributed by atoms with E-state index in [0.29, 0.717) is 22.6 Å². The van der Waals surface area contributed by atoms with Crippen LogP contribution >= 0.6 is 23.2 Å². The molecular formula is C17H17Cl2NO2. The van der Waals surface area contributed by atoms with E-state index in [1.54, 1.807) is 19.5 Å². The van der Waals surface area contributed by atoms with Crippen molar-refractivity contribution < 1.29 is 9.47 Å². The molecule has 1 atom stereocenters. The third-order valence-corrected chi connectivity index (χ3v) is 4.69. The molecule has 0 fully saturated rings. The van der Waals surface area contributed by atoms with Crippen LogP contribution in [-0.4, -0.2) is 18.7 Å². The lowest BCUT2D eigenvalue weighted by atomic mass is 9.93. The molecule has 0 spiro atoms. The van der Waals surface area contributed by atoms with Crippen molar-refractivity contribution in [2.75, 3.05) is 13.7 Å². The molecule has 1 aromatic carbocycles. The number of methoxy groups -OCH3 is 1. The second kappa shape index (κ2) is 6.35. The third-order valence-electron chi connectivity index (χ3n) is 4.04. The lowest BCUT2D eigenvalue weighted by Gasteiger charge is -2.13. The van der Waals surface area contributed by atoms with E-state index in [4.69, 9.17) is 32.7 Å². The minimum absolute atomic E-state index is 0.364. The molecule has 3 rings (SSSR count). The van der Waals surface area contributed by atoms with Crippen LogP contribution < -0.4 is 9.47 Å². The van der Waals surface area contributed by atoms with Crippen molar-refractivity contribution in [3.05, 3.63) is 51.3 Å². The Morgan fingerprint density at radius 1 is 1.23 bits per heavy atom. The molecule has 0 saturated heterocycles.